The van der Waals surface area contributed by atoms with Crippen molar-refractivity contribution in [2.45, 2.75) is 18.9 Å². The molecule has 210 valence electrons. The third kappa shape index (κ3) is 5.42. The van der Waals surface area contributed by atoms with Crippen LogP contribution in [0.1, 0.15) is 12.8 Å². The molecule has 9 nitrogen and oxygen atoms in total. The van der Waals surface area contributed by atoms with E-state index in [0.29, 0.717) is 5.88 Å². The van der Waals surface area contributed by atoms with Crippen molar-refractivity contribution < 1.29 is 4.74 Å². The molecule has 2 fully saturated rings. The second-order valence-electron chi connectivity index (χ2n) is 11.3. The maximum Gasteiger partial charge on any atom is 0.224 e. The maximum absolute atomic E-state index is 6.39. The summed E-state index contributed by atoms with van der Waals surface area (Å²) in [5, 5.41) is 5.50. The Morgan fingerprint density at radius 3 is 2.54 bits per heavy atom. The Morgan fingerprint density at radius 2 is 1.68 bits per heavy atom. The number of nitrogens with zero attached hydrogens (tertiary/aromatic N) is 6. The first kappa shape index (κ1) is 25.7. The predicted molar refractivity (Wildman–Crippen MR) is 165 cm³/mol. The molecule has 3 aromatic heterocycles. The van der Waals surface area contributed by atoms with Crippen molar-refractivity contribution in [1.82, 2.24) is 29.7 Å². The van der Waals surface area contributed by atoms with Crippen molar-refractivity contribution in [3.05, 3.63) is 67.1 Å². The van der Waals surface area contributed by atoms with Crippen LogP contribution in [-0.4, -0.2) is 89.2 Å². The zero-order chi connectivity index (χ0) is 27.8. The molecule has 2 aromatic carbocycles. The van der Waals surface area contributed by atoms with Crippen molar-refractivity contribution in [1.29, 1.82) is 0 Å². The molecule has 0 unspecified atom stereocenters. The molecular formula is C32H36N8O. The van der Waals surface area contributed by atoms with Gasteiger partial charge < -0.3 is 29.7 Å². The Balaban J connectivity index is 1.12. The molecule has 7 rings (SSSR count). The van der Waals surface area contributed by atoms with E-state index >= 15 is 0 Å². The van der Waals surface area contributed by atoms with E-state index in [0.717, 1.165) is 96.7 Å². The minimum atomic E-state index is 0.179. The summed E-state index contributed by atoms with van der Waals surface area (Å²) in [7, 11) is 4.34. The summed E-state index contributed by atoms with van der Waals surface area (Å²) in [6.45, 7) is 6.34. The van der Waals surface area contributed by atoms with E-state index in [1.807, 2.05) is 18.3 Å². The summed E-state index contributed by atoms with van der Waals surface area (Å²) in [5.74, 6) is 1.47. The van der Waals surface area contributed by atoms with Crippen molar-refractivity contribution in [2.75, 3.05) is 63.6 Å². The summed E-state index contributed by atoms with van der Waals surface area (Å²) in [6.07, 6.45) is 5.81. The van der Waals surface area contributed by atoms with E-state index in [1.165, 1.54) is 5.69 Å². The van der Waals surface area contributed by atoms with E-state index < -0.39 is 0 Å². The highest BCUT2D eigenvalue weighted by atomic mass is 16.5. The molecule has 0 radical (unpaired) electrons. The lowest BCUT2D eigenvalue weighted by Gasteiger charge is -2.34. The normalized spacial score (nSPS) is 17.4. The quantitative estimate of drug-likeness (QED) is 0.302. The van der Waals surface area contributed by atoms with Gasteiger partial charge in [-0.3, -0.25) is 0 Å². The largest absolute Gasteiger partial charge is 0.474 e. The number of hydrogen-bond donors (Lipinski definition) is 2. The molecule has 41 heavy (non-hydrogen) atoms. The molecule has 5 aromatic rings. The molecule has 0 bridgehead atoms. The minimum absolute atomic E-state index is 0.179. The Bertz CT molecular complexity index is 1670. The highest BCUT2D eigenvalue weighted by molar-refractivity contribution is 5.97. The molecule has 0 amide bonds. The lowest BCUT2D eigenvalue weighted by atomic mass is 10.0. The average molecular weight is 549 g/mol. The number of rotatable bonds is 6. The third-order valence-corrected chi connectivity index (χ3v) is 8.38. The number of nitrogens with one attached hydrogen (secondary N) is 2. The van der Waals surface area contributed by atoms with Gasteiger partial charge in [0.15, 0.2) is 0 Å². The number of hydrogen-bond acceptors (Lipinski definition) is 8. The minimum Gasteiger partial charge on any atom is -0.474 e. The van der Waals surface area contributed by atoms with Gasteiger partial charge >= 0.3 is 0 Å². The number of likely N-dealkylation sites (N-methyl/N-ethyl adjacent to an activating group) is 1. The van der Waals surface area contributed by atoms with Crippen LogP contribution in [0.15, 0.2) is 67.1 Å². The number of piperazine rings is 1. The molecule has 0 aliphatic carbocycles. The molecule has 0 saturated carbocycles. The highest BCUT2D eigenvalue weighted by Crippen LogP contribution is 2.34. The van der Waals surface area contributed by atoms with E-state index in [-0.39, 0.29) is 6.10 Å². The van der Waals surface area contributed by atoms with Gasteiger partial charge in [-0.15, -0.1) is 0 Å². The third-order valence-electron chi connectivity index (χ3n) is 8.38. The van der Waals surface area contributed by atoms with E-state index in [4.69, 9.17) is 9.72 Å². The van der Waals surface area contributed by atoms with Crippen LogP contribution in [0.4, 0.5) is 17.2 Å². The number of anilines is 3. The molecule has 2 saturated heterocycles. The van der Waals surface area contributed by atoms with Crippen molar-refractivity contribution >= 4 is 39.1 Å². The first-order valence-corrected chi connectivity index (χ1v) is 14.5. The van der Waals surface area contributed by atoms with Gasteiger partial charge in [0.25, 0.3) is 0 Å². The number of aromatic amines is 1. The van der Waals surface area contributed by atoms with Gasteiger partial charge in [0.05, 0.1) is 10.9 Å². The summed E-state index contributed by atoms with van der Waals surface area (Å²) >= 11 is 0. The van der Waals surface area contributed by atoms with Crippen LogP contribution in [0.25, 0.3) is 33.1 Å². The number of likely N-dealkylation sites (tertiary alicyclic amines) is 1. The van der Waals surface area contributed by atoms with Crippen LogP contribution in [0.3, 0.4) is 0 Å². The Kier molecular flexibility index (Phi) is 6.90. The van der Waals surface area contributed by atoms with Gasteiger partial charge in [-0.25, -0.2) is 15.0 Å². The monoisotopic (exact) mass is 548 g/mol. The first-order chi connectivity index (χ1) is 20.1. The zero-order valence-corrected chi connectivity index (χ0v) is 23.7. The maximum atomic E-state index is 6.39. The number of piperidine rings is 1. The standard InChI is InChI=1S/C32H36N8O/c1-38-12-10-25(11-13-38)41-32-27-18-22(6-8-29(27)34-21-35-32)28-20-33-31-26(28)7-9-30(37-31)36-23-4-3-5-24(19-23)40-16-14-39(2)15-17-40/h3-9,18-21,25H,10-17H2,1-2H3,(H2,33,36,37). The fourth-order valence-corrected chi connectivity index (χ4v) is 5.86. The molecule has 9 heteroatoms. The van der Waals surface area contributed by atoms with Crippen molar-refractivity contribution in [2.24, 2.45) is 0 Å². The predicted octanol–water partition coefficient (Wildman–Crippen LogP) is 5.14. The smallest absolute Gasteiger partial charge is 0.224 e. The number of ether oxygens (including phenoxy) is 1. The van der Waals surface area contributed by atoms with Crippen LogP contribution in [-0.2, 0) is 0 Å². The van der Waals surface area contributed by atoms with Crippen LogP contribution in [0.5, 0.6) is 5.88 Å². The number of aromatic nitrogens is 4. The average Bonchev–Trinajstić information content (AvgIpc) is 3.42. The lowest BCUT2D eigenvalue weighted by Crippen LogP contribution is -2.44. The van der Waals surface area contributed by atoms with Gasteiger partial charge in [0.2, 0.25) is 5.88 Å². The van der Waals surface area contributed by atoms with Crippen LogP contribution >= 0.6 is 0 Å². The summed E-state index contributed by atoms with van der Waals surface area (Å²) in [5.41, 5.74) is 6.17. The van der Waals surface area contributed by atoms with Gasteiger partial charge in [-0.1, -0.05) is 12.1 Å². The van der Waals surface area contributed by atoms with E-state index in [2.05, 4.69) is 91.5 Å². The zero-order valence-electron chi connectivity index (χ0n) is 23.7. The molecule has 2 aliphatic heterocycles. The van der Waals surface area contributed by atoms with E-state index in [1.54, 1.807) is 6.33 Å². The number of fused-ring (bicyclic) bond motifs is 2. The van der Waals surface area contributed by atoms with Crippen LogP contribution in [0, 0.1) is 0 Å². The number of pyridine rings is 1. The molecule has 2 N–H and O–H groups in total. The summed E-state index contributed by atoms with van der Waals surface area (Å²) in [4.78, 5) is 24.4. The first-order valence-electron chi connectivity index (χ1n) is 14.5. The SMILES string of the molecule is CN1CCC(Oc2ncnc3ccc(-c4c[nH]c5nc(Nc6cccc(N7CCN(C)CC7)c6)ccc45)cc23)CC1. The van der Waals surface area contributed by atoms with Crippen molar-refractivity contribution in [3.8, 4) is 17.0 Å². The fourth-order valence-electron chi connectivity index (χ4n) is 5.86. The molecule has 5 heterocycles. The molecule has 2 aliphatic rings. The second kappa shape index (κ2) is 11.0. The van der Waals surface area contributed by atoms with E-state index in [9.17, 15) is 0 Å². The number of H-pyrrole nitrogens is 1. The molecule has 0 spiro atoms. The lowest BCUT2D eigenvalue weighted by molar-refractivity contribution is 0.111. The summed E-state index contributed by atoms with van der Waals surface area (Å²) in [6, 6.07) is 19.0. The Labute approximate surface area is 240 Å². The number of benzene rings is 2. The fraction of sp³-hybridized carbons (Fsp3) is 0.344. The Hall–Kier alpha value is -4.21. The Morgan fingerprint density at radius 1 is 0.854 bits per heavy atom. The van der Waals surface area contributed by atoms with Crippen LogP contribution in [0.2, 0.25) is 0 Å². The molecular weight excluding hydrogens is 512 g/mol. The van der Waals surface area contributed by atoms with Gasteiger partial charge in [-0.05, 0) is 75.0 Å². The highest BCUT2D eigenvalue weighted by Gasteiger charge is 2.20. The topological polar surface area (TPSA) is 85.4 Å². The van der Waals surface area contributed by atoms with Crippen LogP contribution < -0.4 is 15.0 Å². The van der Waals surface area contributed by atoms with Gasteiger partial charge in [0.1, 0.15) is 23.9 Å². The van der Waals surface area contributed by atoms with Gasteiger partial charge in [-0.2, -0.15) is 0 Å². The molecule has 0 atom stereocenters. The second-order valence-corrected chi connectivity index (χ2v) is 11.3. The van der Waals surface area contributed by atoms with Gasteiger partial charge in [0, 0.05) is 67.8 Å². The van der Waals surface area contributed by atoms with Crippen molar-refractivity contribution in [3.63, 3.8) is 0 Å². The summed E-state index contributed by atoms with van der Waals surface area (Å²) < 4.78 is 6.39.